The summed E-state index contributed by atoms with van der Waals surface area (Å²) in [6.07, 6.45) is 0. The summed E-state index contributed by atoms with van der Waals surface area (Å²) in [5.74, 6) is -1.28. The van der Waals surface area contributed by atoms with Gasteiger partial charge in [-0.25, -0.2) is 13.9 Å². The minimum absolute atomic E-state index is 0.182. The van der Waals surface area contributed by atoms with Gasteiger partial charge in [-0.05, 0) is 49.6 Å². The molecule has 3 rings (SSSR count). The monoisotopic (exact) mass is 428 g/mol. The van der Waals surface area contributed by atoms with Crippen LogP contribution < -0.4 is 0 Å². The summed E-state index contributed by atoms with van der Waals surface area (Å²) < 4.78 is 19.9. The molecule has 0 bridgehead atoms. The minimum Gasteiger partial charge on any atom is -0.450 e. The molecular formula is C21H21FN4O3S. The van der Waals surface area contributed by atoms with Crippen LogP contribution in [0.3, 0.4) is 0 Å². The molecule has 0 fully saturated rings. The number of amides is 1. The van der Waals surface area contributed by atoms with E-state index in [2.05, 4.69) is 16.7 Å². The quantitative estimate of drug-likeness (QED) is 0.404. The van der Waals surface area contributed by atoms with Gasteiger partial charge in [0.1, 0.15) is 5.82 Å². The lowest BCUT2D eigenvalue weighted by Gasteiger charge is -2.20. The summed E-state index contributed by atoms with van der Waals surface area (Å²) in [7, 11) is 0. The number of aromatic nitrogens is 3. The molecule has 0 saturated heterocycles. The second-order valence-electron chi connectivity index (χ2n) is 6.57. The molecule has 7 nitrogen and oxygen atoms in total. The number of halogens is 1. The number of hydrogen-bond acceptors (Lipinski definition) is 6. The van der Waals surface area contributed by atoms with E-state index >= 15 is 0 Å². The number of hydrogen-bond donors (Lipinski definition) is 0. The highest BCUT2D eigenvalue weighted by molar-refractivity contribution is 7.13. The Labute approximate surface area is 177 Å². The van der Waals surface area contributed by atoms with E-state index in [0.29, 0.717) is 24.6 Å². The number of nitrogens with zero attached hydrogens (tertiary/aromatic N) is 4. The fourth-order valence-corrected chi connectivity index (χ4v) is 3.41. The predicted octanol–water partition coefficient (Wildman–Crippen LogP) is 3.72. The van der Waals surface area contributed by atoms with Crippen molar-refractivity contribution in [3.8, 4) is 16.4 Å². The van der Waals surface area contributed by atoms with Gasteiger partial charge in [-0.2, -0.15) is 4.98 Å². The van der Waals surface area contributed by atoms with E-state index in [1.54, 1.807) is 0 Å². The zero-order valence-corrected chi connectivity index (χ0v) is 17.5. The van der Waals surface area contributed by atoms with E-state index in [1.165, 1.54) is 45.2 Å². The van der Waals surface area contributed by atoms with Gasteiger partial charge in [0.05, 0.1) is 10.6 Å². The van der Waals surface area contributed by atoms with Crippen molar-refractivity contribution in [2.45, 2.75) is 13.8 Å². The molecule has 0 atom stereocenters. The summed E-state index contributed by atoms with van der Waals surface area (Å²) >= 11 is 1.43. The third-order valence-electron chi connectivity index (χ3n) is 4.12. The van der Waals surface area contributed by atoms with Crippen LogP contribution in [-0.2, 0) is 9.53 Å². The first-order valence-corrected chi connectivity index (χ1v) is 10.1. The molecule has 1 amide bonds. The zero-order valence-electron chi connectivity index (χ0n) is 16.7. The SMILES string of the molecule is C=C(C)CN(CC)C(=O)COC(=O)c1nc(-c2cccs2)n(-c2ccc(F)cc2)n1. The van der Waals surface area contributed by atoms with Gasteiger partial charge in [0, 0.05) is 13.1 Å². The number of carbonyl (C=O) groups excluding carboxylic acids is 2. The lowest BCUT2D eigenvalue weighted by Crippen LogP contribution is -2.35. The molecule has 0 saturated carbocycles. The summed E-state index contributed by atoms with van der Waals surface area (Å²) in [6, 6.07) is 9.36. The Morgan fingerprint density at radius 2 is 2.00 bits per heavy atom. The van der Waals surface area contributed by atoms with Crippen molar-refractivity contribution in [2.75, 3.05) is 19.7 Å². The number of esters is 1. The van der Waals surface area contributed by atoms with Gasteiger partial charge in [0.2, 0.25) is 0 Å². The van der Waals surface area contributed by atoms with Crippen LogP contribution in [-0.4, -0.2) is 51.2 Å². The van der Waals surface area contributed by atoms with Gasteiger partial charge in [-0.1, -0.05) is 18.2 Å². The van der Waals surface area contributed by atoms with Crippen LogP contribution >= 0.6 is 11.3 Å². The molecule has 3 aromatic rings. The highest BCUT2D eigenvalue weighted by atomic mass is 32.1. The molecule has 156 valence electrons. The van der Waals surface area contributed by atoms with E-state index in [9.17, 15) is 14.0 Å². The molecule has 0 N–H and O–H groups in total. The van der Waals surface area contributed by atoms with Crippen LogP contribution in [0.25, 0.3) is 16.4 Å². The molecule has 1 aromatic carbocycles. The van der Waals surface area contributed by atoms with Gasteiger partial charge >= 0.3 is 5.97 Å². The lowest BCUT2D eigenvalue weighted by atomic mass is 10.3. The minimum atomic E-state index is -0.812. The van der Waals surface area contributed by atoms with Gasteiger partial charge < -0.3 is 9.64 Å². The lowest BCUT2D eigenvalue weighted by molar-refractivity contribution is -0.133. The van der Waals surface area contributed by atoms with Crippen LogP contribution in [0.5, 0.6) is 0 Å². The van der Waals surface area contributed by atoms with Crippen LogP contribution in [0.1, 0.15) is 24.5 Å². The highest BCUT2D eigenvalue weighted by Crippen LogP contribution is 2.25. The molecule has 0 aliphatic carbocycles. The molecule has 0 aliphatic heterocycles. The Balaban J connectivity index is 1.81. The summed E-state index contributed by atoms with van der Waals surface area (Å²) in [5, 5.41) is 6.11. The molecule has 0 spiro atoms. The largest absolute Gasteiger partial charge is 0.450 e. The maximum atomic E-state index is 13.3. The second-order valence-corrected chi connectivity index (χ2v) is 7.51. The van der Waals surface area contributed by atoms with E-state index in [1.807, 2.05) is 31.4 Å². The van der Waals surface area contributed by atoms with E-state index in [-0.39, 0.29) is 17.5 Å². The Bertz CT molecular complexity index is 1040. The summed E-state index contributed by atoms with van der Waals surface area (Å²) in [5.41, 5.74) is 1.37. The van der Waals surface area contributed by atoms with Crippen molar-refractivity contribution in [1.29, 1.82) is 0 Å². The summed E-state index contributed by atoms with van der Waals surface area (Å²) in [4.78, 5) is 31.4. The van der Waals surface area contributed by atoms with Gasteiger partial charge in [0.25, 0.3) is 11.7 Å². The first-order chi connectivity index (χ1) is 14.4. The Morgan fingerprint density at radius 1 is 1.27 bits per heavy atom. The third-order valence-corrected chi connectivity index (χ3v) is 4.99. The number of ether oxygens (including phenoxy) is 1. The molecule has 9 heteroatoms. The van der Waals surface area contributed by atoms with Crippen molar-refractivity contribution in [3.63, 3.8) is 0 Å². The molecule has 0 radical (unpaired) electrons. The standard InChI is InChI=1S/C21H21FN4O3S/c1-4-25(12-14(2)3)18(27)13-29-21(28)19-23-20(17-6-5-11-30-17)26(24-19)16-9-7-15(22)8-10-16/h5-11H,2,4,12-13H2,1,3H3. The van der Waals surface area contributed by atoms with Gasteiger partial charge in [-0.3, -0.25) is 4.79 Å². The number of thiophene rings is 1. The Hall–Kier alpha value is -3.33. The number of likely N-dealkylation sites (N-methyl/N-ethyl adjacent to an activating group) is 1. The third kappa shape index (κ3) is 4.98. The van der Waals surface area contributed by atoms with Crippen LogP contribution in [0.15, 0.2) is 53.9 Å². The smallest absolute Gasteiger partial charge is 0.378 e. The molecule has 30 heavy (non-hydrogen) atoms. The van der Waals surface area contributed by atoms with Crippen LogP contribution in [0.2, 0.25) is 0 Å². The molecular weight excluding hydrogens is 407 g/mol. The maximum absolute atomic E-state index is 13.3. The van der Waals surface area contributed by atoms with Gasteiger partial charge in [0.15, 0.2) is 12.4 Å². The van der Waals surface area contributed by atoms with Crippen molar-refractivity contribution in [1.82, 2.24) is 19.7 Å². The van der Waals surface area contributed by atoms with E-state index in [4.69, 9.17) is 4.74 Å². The fourth-order valence-electron chi connectivity index (χ4n) is 2.71. The highest BCUT2D eigenvalue weighted by Gasteiger charge is 2.22. The molecule has 0 aliphatic rings. The Morgan fingerprint density at radius 3 is 2.60 bits per heavy atom. The predicted molar refractivity (Wildman–Crippen MR) is 112 cm³/mol. The number of benzene rings is 1. The van der Waals surface area contributed by atoms with E-state index in [0.717, 1.165) is 10.5 Å². The maximum Gasteiger partial charge on any atom is 0.378 e. The van der Waals surface area contributed by atoms with Crippen LogP contribution in [0, 0.1) is 5.82 Å². The number of carbonyl (C=O) groups is 2. The fraction of sp³-hybridized carbons (Fsp3) is 0.238. The zero-order chi connectivity index (χ0) is 21.7. The molecule has 2 aromatic heterocycles. The number of rotatable bonds is 8. The topological polar surface area (TPSA) is 77.3 Å². The van der Waals surface area contributed by atoms with E-state index < -0.39 is 12.6 Å². The average molecular weight is 428 g/mol. The second kappa shape index (κ2) is 9.45. The van der Waals surface area contributed by atoms with Gasteiger partial charge in [-0.15, -0.1) is 16.4 Å². The normalized spacial score (nSPS) is 10.6. The van der Waals surface area contributed by atoms with Crippen molar-refractivity contribution in [2.24, 2.45) is 0 Å². The first-order valence-electron chi connectivity index (χ1n) is 9.25. The molecule has 0 unspecified atom stereocenters. The van der Waals surface area contributed by atoms with Crippen molar-refractivity contribution < 1.29 is 18.7 Å². The average Bonchev–Trinajstić information content (AvgIpc) is 3.40. The summed E-state index contributed by atoms with van der Waals surface area (Å²) in [6.45, 7) is 7.90. The van der Waals surface area contributed by atoms with Crippen LogP contribution in [0.4, 0.5) is 4.39 Å². The first kappa shape index (κ1) is 21.4. The molecule has 2 heterocycles. The Kier molecular flexibility index (Phi) is 6.73. The van der Waals surface area contributed by atoms with Crippen molar-refractivity contribution in [3.05, 3.63) is 65.6 Å². The van der Waals surface area contributed by atoms with Crippen molar-refractivity contribution >= 4 is 23.2 Å².